The van der Waals surface area contributed by atoms with Crippen molar-refractivity contribution in [1.29, 1.82) is 0 Å². The molecule has 160 valence electrons. The lowest BCUT2D eigenvalue weighted by Crippen LogP contribution is -2.21. The molecule has 0 spiro atoms. The zero-order chi connectivity index (χ0) is 22.5. The van der Waals surface area contributed by atoms with E-state index in [4.69, 9.17) is 46.4 Å². The molecule has 0 saturated carbocycles. The third-order valence-electron chi connectivity index (χ3n) is 4.10. The molecule has 0 fully saturated rings. The van der Waals surface area contributed by atoms with E-state index in [1.165, 1.54) is 12.1 Å². The predicted octanol–water partition coefficient (Wildman–Crippen LogP) is 7.90. The Balaban J connectivity index is 1.66. The van der Waals surface area contributed by atoms with Crippen LogP contribution in [0.5, 0.6) is 0 Å². The number of halogens is 4. The lowest BCUT2D eigenvalue weighted by molar-refractivity contribution is 0.261. The Bertz CT molecular complexity index is 1150. The highest BCUT2D eigenvalue weighted by atomic mass is 35.5. The Morgan fingerprint density at radius 1 is 0.613 bits per heavy atom. The van der Waals surface area contributed by atoms with Crippen molar-refractivity contribution in [2.75, 3.05) is 21.3 Å². The number of benzene rings is 3. The van der Waals surface area contributed by atoms with Crippen LogP contribution in [0.4, 0.5) is 32.3 Å². The normalized spacial score (nSPS) is 10.4. The van der Waals surface area contributed by atoms with Gasteiger partial charge in [-0.1, -0.05) is 52.5 Å². The molecule has 0 aliphatic rings. The van der Waals surface area contributed by atoms with E-state index in [-0.39, 0.29) is 0 Å². The summed E-state index contributed by atoms with van der Waals surface area (Å²) in [5, 5.41) is 12.3. The smallest absolute Gasteiger partial charge is 0.308 e. The van der Waals surface area contributed by atoms with Crippen molar-refractivity contribution in [2.24, 2.45) is 0 Å². The second-order valence-corrected chi connectivity index (χ2v) is 8.12. The summed E-state index contributed by atoms with van der Waals surface area (Å²) >= 11 is 23.9. The van der Waals surface area contributed by atoms with Gasteiger partial charge in [-0.2, -0.15) is 0 Å². The fourth-order valence-electron chi connectivity index (χ4n) is 2.58. The first-order valence-corrected chi connectivity index (χ1v) is 10.4. The molecule has 6 nitrogen and oxygen atoms in total. The largest absolute Gasteiger partial charge is 0.323 e. The summed E-state index contributed by atoms with van der Waals surface area (Å²) in [7, 11) is 0. The second kappa shape index (κ2) is 10.1. The molecule has 10 heteroatoms. The Morgan fingerprint density at radius 3 is 1.61 bits per heavy atom. The van der Waals surface area contributed by atoms with Crippen LogP contribution in [0, 0.1) is 6.92 Å². The van der Waals surface area contributed by atoms with Crippen LogP contribution < -0.4 is 21.3 Å². The Hall–Kier alpha value is -2.64. The third kappa shape index (κ3) is 6.42. The summed E-state index contributed by atoms with van der Waals surface area (Å²) in [6, 6.07) is 13.6. The first kappa shape index (κ1) is 23.0. The highest BCUT2D eigenvalue weighted by Gasteiger charge is 2.11. The van der Waals surface area contributed by atoms with Crippen molar-refractivity contribution in [2.45, 2.75) is 6.92 Å². The van der Waals surface area contributed by atoms with Crippen LogP contribution in [0.1, 0.15) is 5.56 Å². The molecular formula is C21H16Cl4N4O2. The third-order valence-corrected chi connectivity index (χ3v) is 5.20. The van der Waals surface area contributed by atoms with Gasteiger partial charge in [-0.3, -0.25) is 0 Å². The number of carbonyl (C=O) groups excluding carboxylic acids is 2. The van der Waals surface area contributed by atoms with Crippen LogP contribution in [0.2, 0.25) is 20.1 Å². The summed E-state index contributed by atoms with van der Waals surface area (Å²) < 4.78 is 0. The molecule has 4 N–H and O–H groups in total. The molecule has 0 radical (unpaired) electrons. The molecule has 0 saturated heterocycles. The number of aryl methyl sites for hydroxylation is 1. The summed E-state index contributed by atoms with van der Waals surface area (Å²) in [6.45, 7) is 1.82. The van der Waals surface area contributed by atoms with Gasteiger partial charge in [0.25, 0.3) is 0 Å². The molecule has 0 bridgehead atoms. The zero-order valence-corrected chi connectivity index (χ0v) is 19.0. The predicted molar refractivity (Wildman–Crippen MR) is 129 cm³/mol. The van der Waals surface area contributed by atoms with E-state index in [1.54, 1.807) is 42.5 Å². The molecule has 3 aromatic rings. The number of hydrogen-bond acceptors (Lipinski definition) is 2. The first-order valence-electron chi connectivity index (χ1n) is 8.88. The fraction of sp³-hybridized carbons (Fsp3) is 0.0476. The molecule has 0 aliphatic heterocycles. The van der Waals surface area contributed by atoms with Crippen LogP contribution in [0.3, 0.4) is 0 Å². The van der Waals surface area contributed by atoms with Crippen molar-refractivity contribution in [3.63, 3.8) is 0 Å². The van der Waals surface area contributed by atoms with Crippen LogP contribution in [0.25, 0.3) is 0 Å². The van der Waals surface area contributed by atoms with E-state index < -0.39 is 12.1 Å². The van der Waals surface area contributed by atoms with Gasteiger partial charge in [0.15, 0.2) is 0 Å². The van der Waals surface area contributed by atoms with Crippen LogP contribution in [-0.2, 0) is 0 Å². The number of amides is 4. The monoisotopic (exact) mass is 496 g/mol. The quantitative estimate of drug-likeness (QED) is 0.295. The number of urea groups is 2. The van der Waals surface area contributed by atoms with Crippen molar-refractivity contribution >= 4 is 81.2 Å². The molecule has 0 aliphatic carbocycles. The Morgan fingerprint density at radius 2 is 1.10 bits per heavy atom. The molecule has 3 rings (SSSR count). The number of carbonyl (C=O) groups is 2. The van der Waals surface area contributed by atoms with E-state index >= 15 is 0 Å². The standard InChI is InChI=1S/C21H16Cl4N4O2/c1-11-2-5-14(26-20(30)27-17-6-3-12(22)8-15(17)24)10-19(11)29-21(31)28-18-7-4-13(23)9-16(18)25/h2-10H,1H3,(H2,26,27,30)(H2,28,29,31). The molecule has 4 amide bonds. The summed E-state index contributed by atoms with van der Waals surface area (Å²) in [4.78, 5) is 24.7. The second-order valence-electron chi connectivity index (χ2n) is 6.44. The number of rotatable bonds is 4. The van der Waals surface area contributed by atoms with Gasteiger partial charge in [0.2, 0.25) is 0 Å². The molecule has 31 heavy (non-hydrogen) atoms. The lowest BCUT2D eigenvalue weighted by Gasteiger charge is -2.14. The number of hydrogen-bond donors (Lipinski definition) is 4. The Labute approximate surface area is 198 Å². The van der Waals surface area contributed by atoms with E-state index in [0.29, 0.717) is 42.8 Å². The lowest BCUT2D eigenvalue weighted by atomic mass is 10.2. The van der Waals surface area contributed by atoms with Gasteiger partial charge < -0.3 is 21.3 Å². The van der Waals surface area contributed by atoms with E-state index in [0.717, 1.165) is 5.56 Å². The van der Waals surface area contributed by atoms with Crippen molar-refractivity contribution in [3.8, 4) is 0 Å². The maximum absolute atomic E-state index is 12.4. The van der Waals surface area contributed by atoms with E-state index in [1.807, 2.05) is 6.92 Å². The van der Waals surface area contributed by atoms with E-state index in [9.17, 15) is 9.59 Å². The van der Waals surface area contributed by atoms with Crippen LogP contribution in [-0.4, -0.2) is 12.1 Å². The minimum absolute atomic E-state index is 0.312. The maximum Gasteiger partial charge on any atom is 0.323 e. The summed E-state index contributed by atoms with van der Waals surface area (Å²) in [6.07, 6.45) is 0. The molecule has 0 atom stereocenters. The van der Waals surface area contributed by atoms with Gasteiger partial charge in [-0.05, 0) is 61.0 Å². The van der Waals surface area contributed by atoms with Crippen molar-refractivity contribution < 1.29 is 9.59 Å². The average Bonchev–Trinajstić information content (AvgIpc) is 2.69. The number of nitrogens with one attached hydrogen (secondary N) is 4. The van der Waals surface area contributed by atoms with Gasteiger partial charge in [-0.25, -0.2) is 9.59 Å². The molecular weight excluding hydrogens is 482 g/mol. The van der Waals surface area contributed by atoms with Gasteiger partial charge >= 0.3 is 12.1 Å². The van der Waals surface area contributed by atoms with Crippen molar-refractivity contribution in [3.05, 3.63) is 80.3 Å². The summed E-state index contributed by atoms with van der Waals surface area (Å²) in [5.74, 6) is 0. The van der Waals surface area contributed by atoms with Gasteiger partial charge in [0, 0.05) is 21.4 Å². The SMILES string of the molecule is Cc1ccc(NC(=O)Nc2ccc(Cl)cc2Cl)cc1NC(=O)Nc1ccc(Cl)cc1Cl. The minimum atomic E-state index is -0.503. The van der Waals surface area contributed by atoms with E-state index in [2.05, 4.69) is 21.3 Å². The first-order chi connectivity index (χ1) is 14.7. The molecule has 0 heterocycles. The highest BCUT2D eigenvalue weighted by molar-refractivity contribution is 6.37. The topological polar surface area (TPSA) is 82.3 Å². The zero-order valence-electron chi connectivity index (χ0n) is 16.0. The van der Waals surface area contributed by atoms with Crippen molar-refractivity contribution in [1.82, 2.24) is 0 Å². The van der Waals surface area contributed by atoms with Gasteiger partial charge in [0.1, 0.15) is 0 Å². The number of anilines is 4. The average molecular weight is 498 g/mol. The maximum atomic E-state index is 12.4. The molecule has 0 aromatic heterocycles. The van der Waals surface area contributed by atoms with Gasteiger partial charge in [-0.15, -0.1) is 0 Å². The Kier molecular flexibility index (Phi) is 7.51. The summed E-state index contributed by atoms with van der Waals surface area (Å²) in [5.41, 5.74) is 2.59. The molecule has 0 unspecified atom stereocenters. The highest BCUT2D eigenvalue weighted by Crippen LogP contribution is 2.27. The van der Waals surface area contributed by atoms with Gasteiger partial charge in [0.05, 0.1) is 21.4 Å². The fourth-order valence-corrected chi connectivity index (χ4v) is 3.49. The molecule has 3 aromatic carbocycles. The van der Waals surface area contributed by atoms with Crippen LogP contribution in [0.15, 0.2) is 54.6 Å². The minimum Gasteiger partial charge on any atom is -0.308 e. The van der Waals surface area contributed by atoms with Crippen LogP contribution >= 0.6 is 46.4 Å².